The molecule has 148 valence electrons. The van der Waals surface area contributed by atoms with Gasteiger partial charge in [0.05, 0.1) is 18.4 Å². The molecule has 2 aromatic carbocycles. The van der Waals surface area contributed by atoms with Crippen molar-refractivity contribution in [2.75, 3.05) is 6.61 Å². The lowest BCUT2D eigenvalue weighted by molar-refractivity contribution is -0.151. The number of aliphatic hydroxyl groups is 1. The topological polar surface area (TPSA) is 116 Å². The Balaban J connectivity index is 1.62. The first-order valence-corrected chi connectivity index (χ1v) is 9.26. The number of amides is 2. The van der Waals surface area contributed by atoms with Gasteiger partial charge in [-0.15, -0.1) is 0 Å². The molecule has 2 saturated heterocycles. The standard InChI is InChI=1S/C22H20N2O5/c25-12-22(21(28)29)17-16(19(26)23-20(17)27)18(24-22)15-10-8-14(9-11-15)7-6-13-4-2-1-3-5-13/h1-11,16-18,24-25H,12H2,(H,28,29)(H,23,26,27). The van der Waals surface area contributed by atoms with Crippen LogP contribution in [0.3, 0.4) is 0 Å². The summed E-state index contributed by atoms with van der Waals surface area (Å²) in [5.41, 5.74) is 0.786. The van der Waals surface area contributed by atoms with Crippen molar-refractivity contribution in [3.8, 4) is 0 Å². The van der Waals surface area contributed by atoms with E-state index in [9.17, 15) is 24.6 Å². The van der Waals surface area contributed by atoms with Gasteiger partial charge >= 0.3 is 5.97 Å². The Hall–Kier alpha value is -3.29. The van der Waals surface area contributed by atoms with E-state index in [1.807, 2.05) is 54.6 Å². The molecule has 4 rings (SSSR count). The fraction of sp³-hybridized carbons (Fsp3) is 0.227. The van der Waals surface area contributed by atoms with Gasteiger partial charge in [-0.3, -0.25) is 25.0 Å². The Morgan fingerprint density at radius 2 is 1.59 bits per heavy atom. The lowest BCUT2D eigenvalue weighted by Crippen LogP contribution is -2.58. The number of nitrogens with one attached hydrogen (secondary N) is 2. The number of hydrogen-bond donors (Lipinski definition) is 4. The number of carboxylic acids is 1. The molecule has 29 heavy (non-hydrogen) atoms. The van der Waals surface area contributed by atoms with E-state index in [2.05, 4.69) is 10.6 Å². The number of fused-ring (bicyclic) bond motifs is 1. The first-order valence-electron chi connectivity index (χ1n) is 9.26. The van der Waals surface area contributed by atoms with Crippen molar-refractivity contribution in [3.63, 3.8) is 0 Å². The van der Waals surface area contributed by atoms with Crippen LogP contribution in [0.15, 0.2) is 54.6 Å². The quantitative estimate of drug-likeness (QED) is 0.449. The zero-order chi connectivity index (χ0) is 20.6. The molecule has 2 heterocycles. The second-order valence-electron chi connectivity index (χ2n) is 7.32. The molecule has 4 N–H and O–H groups in total. The van der Waals surface area contributed by atoms with Crippen molar-refractivity contribution in [2.45, 2.75) is 11.6 Å². The van der Waals surface area contributed by atoms with E-state index in [0.717, 1.165) is 11.1 Å². The van der Waals surface area contributed by atoms with Crippen molar-refractivity contribution in [3.05, 3.63) is 71.3 Å². The molecule has 2 aromatic rings. The van der Waals surface area contributed by atoms with Crippen molar-refractivity contribution >= 4 is 29.9 Å². The van der Waals surface area contributed by atoms with Crippen LogP contribution in [0.25, 0.3) is 12.2 Å². The Kier molecular flexibility index (Phi) is 4.77. The highest BCUT2D eigenvalue weighted by molar-refractivity contribution is 6.09. The van der Waals surface area contributed by atoms with Gasteiger partial charge in [-0.25, -0.2) is 0 Å². The summed E-state index contributed by atoms with van der Waals surface area (Å²) in [5, 5.41) is 24.5. The van der Waals surface area contributed by atoms with E-state index in [-0.39, 0.29) is 0 Å². The number of hydrogen-bond acceptors (Lipinski definition) is 5. The number of carbonyl (C=O) groups is 3. The molecule has 7 nitrogen and oxygen atoms in total. The van der Waals surface area contributed by atoms with Crippen LogP contribution in [0, 0.1) is 11.8 Å². The number of aliphatic hydroxyl groups excluding tert-OH is 1. The minimum atomic E-state index is -1.89. The van der Waals surface area contributed by atoms with Gasteiger partial charge in [-0.05, 0) is 16.7 Å². The molecule has 7 heteroatoms. The average molecular weight is 392 g/mol. The maximum absolute atomic E-state index is 12.3. The molecule has 2 aliphatic heterocycles. The summed E-state index contributed by atoms with van der Waals surface area (Å²) in [6.45, 7) is -0.793. The summed E-state index contributed by atoms with van der Waals surface area (Å²) in [6.07, 6.45) is 3.92. The maximum atomic E-state index is 12.3. The Labute approximate surface area is 167 Å². The van der Waals surface area contributed by atoms with Gasteiger partial charge in [0.1, 0.15) is 0 Å². The highest BCUT2D eigenvalue weighted by Gasteiger charge is 2.66. The smallest absolute Gasteiger partial charge is 0.327 e. The molecular weight excluding hydrogens is 372 g/mol. The second-order valence-corrected chi connectivity index (χ2v) is 7.32. The number of imide groups is 1. The minimum absolute atomic E-state index is 0.526. The SMILES string of the molecule is O=C1NC(=O)C2C1C(c1ccc(C=Cc3ccccc3)cc1)NC2(CO)C(=O)O. The lowest BCUT2D eigenvalue weighted by Gasteiger charge is -2.27. The molecule has 0 aromatic heterocycles. The molecule has 0 aliphatic carbocycles. The summed E-state index contributed by atoms with van der Waals surface area (Å²) in [7, 11) is 0. The fourth-order valence-electron chi connectivity index (χ4n) is 4.20. The van der Waals surface area contributed by atoms with E-state index in [0.29, 0.717) is 5.56 Å². The molecule has 2 fully saturated rings. The van der Waals surface area contributed by atoms with Crippen LogP contribution in [0.4, 0.5) is 0 Å². The normalized spacial score (nSPS) is 28.5. The summed E-state index contributed by atoms with van der Waals surface area (Å²) < 4.78 is 0. The zero-order valence-electron chi connectivity index (χ0n) is 15.4. The van der Waals surface area contributed by atoms with E-state index in [1.54, 1.807) is 12.1 Å². The van der Waals surface area contributed by atoms with Crippen molar-refractivity contribution in [1.82, 2.24) is 10.6 Å². The summed E-state index contributed by atoms with van der Waals surface area (Å²) in [4.78, 5) is 36.5. The summed E-state index contributed by atoms with van der Waals surface area (Å²) in [5.74, 6) is -4.61. The van der Waals surface area contributed by atoms with Crippen LogP contribution >= 0.6 is 0 Å². The Morgan fingerprint density at radius 3 is 2.17 bits per heavy atom. The summed E-state index contributed by atoms with van der Waals surface area (Å²) >= 11 is 0. The molecule has 0 radical (unpaired) electrons. The number of carbonyl (C=O) groups excluding carboxylic acids is 2. The van der Waals surface area contributed by atoms with Gasteiger partial charge in [-0.2, -0.15) is 0 Å². The summed E-state index contributed by atoms with van der Waals surface area (Å²) in [6, 6.07) is 16.5. The van der Waals surface area contributed by atoms with Gasteiger partial charge in [0.2, 0.25) is 11.8 Å². The van der Waals surface area contributed by atoms with Crippen molar-refractivity contribution in [1.29, 1.82) is 0 Å². The largest absolute Gasteiger partial charge is 0.480 e. The second kappa shape index (κ2) is 7.27. The number of aliphatic carboxylic acids is 1. The average Bonchev–Trinajstić information content (AvgIpc) is 3.24. The predicted octanol–water partition coefficient (Wildman–Crippen LogP) is 1.21. The van der Waals surface area contributed by atoms with E-state index in [4.69, 9.17) is 0 Å². The lowest BCUT2D eigenvalue weighted by atomic mass is 9.79. The Morgan fingerprint density at radius 1 is 0.966 bits per heavy atom. The molecule has 4 unspecified atom stereocenters. The van der Waals surface area contributed by atoms with Crippen LogP contribution in [-0.2, 0) is 14.4 Å². The van der Waals surface area contributed by atoms with E-state index in [1.165, 1.54) is 0 Å². The monoisotopic (exact) mass is 392 g/mol. The van der Waals surface area contributed by atoms with E-state index < -0.39 is 47.8 Å². The molecule has 2 amide bonds. The molecule has 0 bridgehead atoms. The molecule has 0 saturated carbocycles. The van der Waals surface area contributed by atoms with Crippen LogP contribution in [0.1, 0.15) is 22.7 Å². The predicted molar refractivity (Wildman–Crippen MR) is 105 cm³/mol. The molecule has 2 aliphatic rings. The third-order valence-electron chi connectivity index (χ3n) is 5.69. The van der Waals surface area contributed by atoms with Crippen LogP contribution in [0.2, 0.25) is 0 Å². The Bertz CT molecular complexity index is 986. The van der Waals surface area contributed by atoms with Gasteiger partial charge < -0.3 is 10.2 Å². The maximum Gasteiger partial charge on any atom is 0.327 e. The molecule has 0 spiro atoms. The van der Waals surface area contributed by atoms with Gasteiger partial charge in [-0.1, -0.05) is 66.7 Å². The minimum Gasteiger partial charge on any atom is -0.480 e. The van der Waals surface area contributed by atoms with Gasteiger partial charge in [0, 0.05) is 6.04 Å². The van der Waals surface area contributed by atoms with Crippen molar-refractivity contribution in [2.24, 2.45) is 11.8 Å². The fourth-order valence-corrected chi connectivity index (χ4v) is 4.20. The zero-order valence-corrected chi connectivity index (χ0v) is 15.4. The van der Waals surface area contributed by atoms with Gasteiger partial charge in [0.25, 0.3) is 0 Å². The highest BCUT2D eigenvalue weighted by atomic mass is 16.4. The number of benzene rings is 2. The van der Waals surface area contributed by atoms with Crippen LogP contribution < -0.4 is 10.6 Å². The number of rotatable bonds is 5. The van der Waals surface area contributed by atoms with Crippen molar-refractivity contribution < 1.29 is 24.6 Å². The van der Waals surface area contributed by atoms with E-state index >= 15 is 0 Å². The number of carboxylic acid groups (broad SMARTS) is 1. The van der Waals surface area contributed by atoms with Gasteiger partial charge in [0.15, 0.2) is 5.54 Å². The third-order valence-corrected chi connectivity index (χ3v) is 5.69. The third kappa shape index (κ3) is 3.14. The van der Waals surface area contributed by atoms with Crippen LogP contribution in [0.5, 0.6) is 0 Å². The van der Waals surface area contributed by atoms with Crippen LogP contribution in [-0.4, -0.2) is 40.1 Å². The first-order chi connectivity index (χ1) is 14.0. The highest BCUT2D eigenvalue weighted by Crippen LogP contribution is 2.46. The molecular formula is C22H20N2O5. The first kappa shape index (κ1) is 19.0. The molecule has 4 atom stereocenters.